The lowest BCUT2D eigenvalue weighted by molar-refractivity contribution is 0.177. The average Bonchev–Trinajstić information content (AvgIpc) is 2.47. The molecule has 0 aromatic carbocycles. The highest BCUT2D eigenvalue weighted by atomic mass is 35.5. The lowest BCUT2D eigenvalue weighted by Gasteiger charge is -2.14. The molecule has 0 N–H and O–H groups in total. The van der Waals surface area contributed by atoms with Crippen molar-refractivity contribution in [1.82, 2.24) is 0 Å². The van der Waals surface area contributed by atoms with Crippen molar-refractivity contribution >= 4 is 22.9 Å². The third kappa shape index (κ3) is 1.19. The van der Waals surface area contributed by atoms with Crippen molar-refractivity contribution < 1.29 is 9.47 Å². The van der Waals surface area contributed by atoms with E-state index in [0.29, 0.717) is 19.1 Å². The minimum Gasteiger partial charge on any atom is -0.485 e. The maximum atomic E-state index is 5.68. The van der Waals surface area contributed by atoms with Crippen molar-refractivity contribution in [2.75, 3.05) is 13.2 Å². The number of alkyl halides is 1. The first-order valence-electron chi connectivity index (χ1n) is 3.33. The van der Waals surface area contributed by atoms with Gasteiger partial charge in [-0.2, -0.15) is 0 Å². The van der Waals surface area contributed by atoms with Gasteiger partial charge in [-0.3, -0.25) is 0 Å². The molecule has 0 aliphatic carbocycles. The molecule has 0 spiro atoms. The van der Waals surface area contributed by atoms with Gasteiger partial charge in [0.05, 0.1) is 5.88 Å². The summed E-state index contributed by atoms with van der Waals surface area (Å²) in [6.07, 6.45) is 0. The summed E-state index contributed by atoms with van der Waals surface area (Å²) in [5.41, 5.74) is 1.03. The Morgan fingerprint density at radius 2 is 2.27 bits per heavy atom. The summed E-state index contributed by atoms with van der Waals surface area (Å²) >= 11 is 7.22. The highest BCUT2D eigenvalue weighted by Crippen LogP contribution is 2.40. The summed E-state index contributed by atoms with van der Waals surface area (Å²) < 4.78 is 10.7. The van der Waals surface area contributed by atoms with Crippen LogP contribution in [0.25, 0.3) is 0 Å². The van der Waals surface area contributed by atoms with E-state index in [1.807, 2.05) is 5.38 Å². The van der Waals surface area contributed by atoms with Crippen LogP contribution in [-0.2, 0) is 5.88 Å². The summed E-state index contributed by atoms with van der Waals surface area (Å²) in [5, 5.41) is 2.84. The van der Waals surface area contributed by atoms with Gasteiger partial charge in [-0.15, -0.1) is 22.9 Å². The smallest absolute Gasteiger partial charge is 0.217 e. The van der Waals surface area contributed by atoms with E-state index in [4.69, 9.17) is 21.1 Å². The highest BCUT2D eigenvalue weighted by Gasteiger charge is 2.17. The molecular weight excluding hydrogens is 184 g/mol. The Labute approximate surface area is 73.7 Å². The van der Waals surface area contributed by atoms with Crippen LogP contribution in [0.2, 0.25) is 0 Å². The number of ether oxygens (including phenoxy) is 2. The molecule has 60 valence electrons. The highest BCUT2D eigenvalue weighted by molar-refractivity contribution is 7.12. The molecule has 0 saturated heterocycles. The number of fused-ring (bicyclic) bond motifs is 1. The molecule has 0 amide bonds. The Morgan fingerprint density at radius 1 is 1.45 bits per heavy atom. The number of thiophene rings is 1. The van der Waals surface area contributed by atoms with Crippen LogP contribution in [0.1, 0.15) is 5.56 Å². The molecule has 1 aromatic rings. The normalized spacial score (nSPS) is 15.0. The SMILES string of the molecule is ClCc1csc2c1OCCO2. The van der Waals surface area contributed by atoms with Crippen molar-refractivity contribution in [2.45, 2.75) is 5.88 Å². The summed E-state index contributed by atoms with van der Waals surface area (Å²) in [5.74, 6) is 1.34. The molecule has 1 aliphatic rings. The molecule has 0 fully saturated rings. The third-order valence-corrected chi connectivity index (χ3v) is 2.70. The number of rotatable bonds is 1. The molecule has 0 saturated carbocycles. The second kappa shape index (κ2) is 2.91. The predicted molar refractivity (Wildman–Crippen MR) is 44.9 cm³/mol. The molecule has 11 heavy (non-hydrogen) atoms. The zero-order valence-corrected chi connectivity index (χ0v) is 7.37. The van der Waals surface area contributed by atoms with Crippen LogP contribution in [-0.4, -0.2) is 13.2 Å². The van der Waals surface area contributed by atoms with Crippen molar-refractivity contribution in [3.05, 3.63) is 10.9 Å². The molecule has 0 radical (unpaired) electrons. The first-order valence-corrected chi connectivity index (χ1v) is 4.75. The molecule has 4 heteroatoms. The largest absolute Gasteiger partial charge is 0.485 e. The molecule has 2 heterocycles. The van der Waals surface area contributed by atoms with E-state index in [0.717, 1.165) is 16.4 Å². The summed E-state index contributed by atoms with van der Waals surface area (Å²) in [6, 6.07) is 0. The van der Waals surface area contributed by atoms with Gasteiger partial charge in [0.1, 0.15) is 13.2 Å². The van der Waals surface area contributed by atoms with E-state index in [9.17, 15) is 0 Å². The van der Waals surface area contributed by atoms with Gasteiger partial charge in [-0.05, 0) is 0 Å². The lowest BCUT2D eigenvalue weighted by atomic mass is 10.3. The Kier molecular flexibility index (Phi) is 1.92. The number of hydrogen-bond donors (Lipinski definition) is 0. The number of hydrogen-bond acceptors (Lipinski definition) is 3. The standard InChI is InChI=1S/C7H7ClO2S/c8-3-5-4-11-7-6(5)9-1-2-10-7/h4H,1-3H2. The fourth-order valence-corrected chi connectivity index (χ4v) is 2.16. The minimum atomic E-state index is 0.495. The minimum absolute atomic E-state index is 0.495. The van der Waals surface area contributed by atoms with Gasteiger partial charge in [0.25, 0.3) is 0 Å². The second-order valence-electron chi connectivity index (χ2n) is 2.21. The van der Waals surface area contributed by atoms with Gasteiger partial charge < -0.3 is 9.47 Å². The molecule has 1 aliphatic heterocycles. The van der Waals surface area contributed by atoms with Crippen LogP contribution in [0.5, 0.6) is 10.8 Å². The van der Waals surface area contributed by atoms with E-state index in [1.54, 1.807) is 11.3 Å². The Bertz CT molecular complexity index is 245. The summed E-state index contributed by atoms with van der Waals surface area (Å²) in [7, 11) is 0. The van der Waals surface area contributed by atoms with E-state index < -0.39 is 0 Å². The fraction of sp³-hybridized carbons (Fsp3) is 0.429. The van der Waals surface area contributed by atoms with Crippen LogP contribution in [0, 0.1) is 0 Å². The fourth-order valence-electron chi connectivity index (χ4n) is 0.984. The maximum absolute atomic E-state index is 5.68. The van der Waals surface area contributed by atoms with E-state index >= 15 is 0 Å². The van der Waals surface area contributed by atoms with Crippen LogP contribution in [0.4, 0.5) is 0 Å². The van der Waals surface area contributed by atoms with Crippen molar-refractivity contribution in [2.24, 2.45) is 0 Å². The zero-order chi connectivity index (χ0) is 7.68. The van der Waals surface area contributed by atoms with Crippen molar-refractivity contribution in [3.63, 3.8) is 0 Å². The molecule has 2 rings (SSSR count). The van der Waals surface area contributed by atoms with Gasteiger partial charge in [-0.25, -0.2) is 0 Å². The van der Waals surface area contributed by atoms with E-state index in [1.165, 1.54) is 0 Å². The van der Waals surface area contributed by atoms with E-state index in [2.05, 4.69) is 0 Å². The molecular formula is C7H7ClO2S. The van der Waals surface area contributed by atoms with Gasteiger partial charge in [0.2, 0.25) is 5.06 Å². The molecule has 2 nitrogen and oxygen atoms in total. The summed E-state index contributed by atoms with van der Waals surface area (Å²) in [6.45, 7) is 1.28. The van der Waals surface area contributed by atoms with Gasteiger partial charge in [-0.1, -0.05) is 0 Å². The summed E-state index contributed by atoms with van der Waals surface area (Å²) in [4.78, 5) is 0. The van der Waals surface area contributed by atoms with Gasteiger partial charge in [0, 0.05) is 10.9 Å². The average molecular weight is 191 g/mol. The van der Waals surface area contributed by atoms with Crippen LogP contribution >= 0.6 is 22.9 Å². The molecule has 0 bridgehead atoms. The second-order valence-corrected chi connectivity index (χ2v) is 3.32. The first kappa shape index (κ1) is 7.25. The molecule has 0 atom stereocenters. The van der Waals surface area contributed by atoms with Crippen molar-refractivity contribution in [1.29, 1.82) is 0 Å². The van der Waals surface area contributed by atoms with Gasteiger partial charge >= 0.3 is 0 Å². The lowest BCUT2D eigenvalue weighted by Crippen LogP contribution is -2.14. The Morgan fingerprint density at radius 3 is 3.09 bits per heavy atom. The third-order valence-electron chi connectivity index (χ3n) is 1.49. The Hall–Kier alpha value is -0.410. The van der Waals surface area contributed by atoms with Gasteiger partial charge in [0.15, 0.2) is 5.75 Å². The number of halogens is 1. The van der Waals surface area contributed by atoms with Crippen LogP contribution in [0.3, 0.4) is 0 Å². The predicted octanol–water partition coefficient (Wildman–Crippen LogP) is 2.26. The monoisotopic (exact) mass is 190 g/mol. The quantitative estimate of drug-likeness (QED) is 0.633. The molecule has 0 unspecified atom stereocenters. The Balaban J connectivity index is 2.38. The molecule has 1 aromatic heterocycles. The van der Waals surface area contributed by atoms with Crippen molar-refractivity contribution in [3.8, 4) is 10.8 Å². The maximum Gasteiger partial charge on any atom is 0.217 e. The first-order chi connectivity index (χ1) is 5.42. The van der Waals surface area contributed by atoms with Crippen LogP contribution in [0.15, 0.2) is 5.38 Å². The van der Waals surface area contributed by atoms with E-state index in [-0.39, 0.29) is 0 Å². The zero-order valence-electron chi connectivity index (χ0n) is 5.80. The van der Waals surface area contributed by atoms with Crippen LogP contribution < -0.4 is 9.47 Å². The topological polar surface area (TPSA) is 18.5 Å².